The summed E-state index contributed by atoms with van der Waals surface area (Å²) in [4.78, 5) is 10.5. The summed E-state index contributed by atoms with van der Waals surface area (Å²) in [5, 5.41) is -0.779. The Morgan fingerprint density at radius 1 is 1.52 bits per heavy atom. The minimum atomic E-state index is -4.52. The van der Waals surface area contributed by atoms with E-state index in [2.05, 4.69) is 4.74 Å². The van der Waals surface area contributed by atoms with Crippen molar-refractivity contribution < 1.29 is 36.2 Å². The predicted molar refractivity (Wildman–Crippen MR) is 68.6 cm³/mol. The lowest BCUT2D eigenvalue weighted by Crippen LogP contribution is -2.42. The van der Waals surface area contributed by atoms with Crippen molar-refractivity contribution >= 4 is 48.6 Å². The lowest BCUT2D eigenvalue weighted by atomic mass is 10.3. The second kappa shape index (κ2) is 5.84. The first-order valence-electron chi connectivity index (χ1n) is 5.19. The maximum Gasteiger partial charge on any atom is 0.387 e. The van der Waals surface area contributed by atoms with Gasteiger partial charge in [-0.15, -0.1) is 11.3 Å². The van der Waals surface area contributed by atoms with E-state index >= 15 is 0 Å². The highest BCUT2D eigenvalue weighted by Crippen LogP contribution is 2.39. The van der Waals surface area contributed by atoms with Gasteiger partial charge in [0.1, 0.15) is 9.77 Å². The highest BCUT2D eigenvalue weighted by molar-refractivity contribution is 8.14. The molecule has 1 saturated heterocycles. The Morgan fingerprint density at radius 3 is 2.57 bits per heavy atom. The highest BCUT2D eigenvalue weighted by atomic mass is 35.7. The molecule has 6 nitrogen and oxygen atoms in total. The fraction of sp³-hybridized carbons (Fsp3) is 0.444. The lowest BCUT2D eigenvalue weighted by Gasteiger charge is -2.34. The number of carbonyl (C=O) groups is 1. The molecule has 1 aromatic rings. The van der Waals surface area contributed by atoms with Crippen molar-refractivity contribution in [3.8, 4) is 5.75 Å². The SMILES string of the molecule is O=C(OC1(Cl)CCO1)c1scc(OC(F)F)c1S(=O)(=O)Cl. The van der Waals surface area contributed by atoms with Crippen molar-refractivity contribution in [2.24, 2.45) is 0 Å². The van der Waals surface area contributed by atoms with Crippen LogP contribution in [0.1, 0.15) is 16.1 Å². The number of hydrogen-bond acceptors (Lipinski definition) is 7. The molecule has 0 amide bonds. The highest BCUT2D eigenvalue weighted by Gasteiger charge is 2.42. The Morgan fingerprint density at radius 2 is 2.14 bits per heavy atom. The van der Waals surface area contributed by atoms with E-state index in [9.17, 15) is 22.0 Å². The molecule has 0 N–H and O–H groups in total. The summed E-state index contributed by atoms with van der Waals surface area (Å²) in [6, 6.07) is 0. The third kappa shape index (κ3) is 3.75. The summed E-state index contributed by atoms with van der Waals surface area (Å²) >= 11 is 6.23. The Labute approximate surface area is 130 Å². The zero-order valence-electron chi connectivity index (χ0n) is 9.85. The summed E-state index contributed by atoms with van der Waals surface area (Å²) in [5.74, 6) is -1.91. The molecule has 1 atom stereocenters. The topological polar surface area (TPSA) is 78.9 Å². The fourth-order valence-corrected chi connectivity index (χ4v) is 4.17. The van der Waals surface area contributed by atoms with E-state index in [0.717, 1.165) is 5.38 Å². The van der Waals surface area contributed by atoms with Crippen LogP contribution in [0.2, 0.25) is 0 Å². The van der Waals surface area contributed by atoms with E-state index in [0.29, 0.717) is 11.3 Å². The van der Waals surface area contributed by atoms with Crippen LogP contribution in [0, 0.1) is 0 Å². The van der Waals surface area contributed by atoms with Gasteiger partial charge in [-0.3, -0.25) is 0 Å². The lowest BCUT2D eigenvalue weighted by molar-refractivity contribution is -0.220. The number of carbonyl (C=O) groups excluding carboxylic acids is 1. The molecular formula is C9H6Cl2F2O6S2. The van der Waals surface area contributed by atoms with E-state index in [-0.39, 0.29) is 13.0 Å². The van der Waals surface area contributed by atoms with Gasteiger partial charge in [-0.2, -0.15) is 8.78 Å². The van der Waals surface area contributed by atoms with Crippen LogP contribution in [0.4, 0.5) is 8.78 Å². The number of rotatable bonds is 5. The zero-order valence-corrected chi connectivity index (χ0v) is 13.0. The molecule has 12 heteroatoms. The Bertz CT molecular complexity index is 655. The maximum absolute atomic E-state index is 12.2. The van der Waals surface area contributed by atoms with Crippen LogP contribution in [-0.2, 0) is 18.5 Å². The van der Waals surface area contributed by atoms with Crippen LogP contribution in [-0.4, -0.2) is 32.9 Å². The smallest absolute Gasteiger partial charge is 0.387 e. The minimum absolute atomic E-state index is 0.203. The van der Waals surface area contributed by atoms with Crippen molar-refractivity contribution in [2.75, 3.05) is 6.61 Å². The van der Waals surface area contributed by atoms with Crippen LogP contribution in [0.25, 0.3) is 0 Å². The average Bonchev–Trinajstić information content (AvgIpc) is 2.69. The summed E-state index contributed by atoms with van der Waals surface area (Å²) in [6.07, 6.45) is 0.203. The molecule has 1 aliphatic heterocycles. The van der Waals surface area contributed by atoms with Crippen LogP contribution >= 0.6 is 33.6 Å². The van der Waals surface area contributed by atoms with Crippen LogP contribution in [0.15, 0.2) is 10.3 Å². The predicted octanol–water partition coefficient (Wildman–Crippen LogP) is 2.75. The maximum atomic E-state index is 12.2. The Hall–Kier alpha value is -0.680. The summed E-state index contributed by atoms with van der Waals surface area (Å²) in [7, 11) is 0.623. The van der Waals surface area contributed by atoms with Crippen molar-refractivity contribution in [3.05, 3.63) is 10.3 Å². The van der Waals surface area contributed by atoms with Gasteiger partial charge in [-0.25, -0.2) is 13.2 Å². The average molecular weight is 383 g/mol. The summed E-state index contributed by atoms with van der Waals surface area (Å²) < 4.78 is 60.9. The Balaban J connectivity index is 2.35. The van der Waals surface area contributed by atoms with Gasteiger partial charge in [0.25, 0.3) is 14.3 Å². The molecule has 1 unspecified atom stereocenters. The molecule has 1 aromatic heterocycles. The molecule has 1 aliphatic rings. The summed E-state index contributed by atoms with van der Waals surface area (Å²) in [5.41, 5.74) is 0. The van der Waals surface area contributed by atoms with E-state index in [1.165, 1.54) is 0 Å². The molecular weight excluding hydrogens is 377 g/mol. The number of alkyl halides is 3. The number of halogens is 4. The largest absolute Gasteiger partial charge is 0.432 e. The molecule has 0 spiro atoms. The standard InChI is InChI=1S/C9H6Cl2F2O6S2/c10-9(1-2-17-9)19-7(14)5-6(21(11,15)16)4(3-20-5)18-8(12)13/h3,8H,1-2H2. The fourth-order valence-electron chi connectivity index (χ4n) is 1.41. The van der Waals surface area contributed by atoms with Gasteiger partial charge in [-0.05, 0) is 11.6 Å². The molecule has 21 heavy (non-hydrogen) atoms. The van der Waals surface area contributed by atoms with E-state index in [1.54, 1.807) is 0 Å². The summed E-state index contributed by atoms with van der Waals surface area (Å²) in [6.45, 7) is -3.02. The van der Waals surface area contributed by atoms with Crippen molar-refractivity contribution in [3.63, 3.8) is 0 Å². The molecule has 1 fully saturated rings. The van der Waals surface area contributed by atoms with Crippen molar-refractivity contribution in [2.45, 2.75) is 23.2 Å². The van der Waals surface area contributed by atoms with E-state index in [1.807, 2.05) is 0 Å². The third-order valence-electron chi connectivity index (χ3n) is 2.32. The quantitative estimate of drug-likeness (QED) is 0.442. The van der Waals surface area contributed by atoms with Gasteiger partial charge in [0.15, 0.2) is 5.75 Å². The first-order valence-corrected chi connectivity index (χ1v) is 8.76. The monoisotopic (exact) mass is 382 g/mol. The molecule has 0 aliphatic carbocycles. The molecule has 2 rings (SSSR count). The number of thiophene rings is 1. The van der Waals surface area contributed by atoms with Crippen LogP contribution in [0.5, 0.6) is 5.75 Å². The first-order chi connectivity index (χ1) is 9.62. The van der Waals surface area contributed by atoms with Gasteiger partial charge in [0.2, 0.25) is 0 Å². The molecule has 2 heterocycles. The first kappa shape index (κ1) is 16.7. The number of esters is 1. The van der Waals surface area contributed by atoms with Crippen LogP contribution in [0.3, 0.4) is 0 Å². The third-order valence-corrected chi connectivity index (χ3v) is 5.12. The second-order valence-electron chi connectivity index (χ2n) is 3.72. The van der Waals surface area contributed by atoms with E-state index < -0.39 is 42.4 Å². The molecule has 0 bridgehead atoms. The van der Waals surface area contributed by atoms with Crippen LogP contribution < -0.4 is 4.74 Å². The number of hydrogen-bond donors (Lipinski definition) is 0. The van der Waals surface area contributed by atoms with Gasteiger partial charge >= 0.3 is 12.6 Å². The molecule has 118 valence electrons. The Kier molecular flexibility index (Phi) is 4.64. The normalized spacial score (nSPS) is 22.0. The number of ether oxygens (including phenoxy) is 3. The van der Waals surface area contributed by atoms with Crippen molar-refractivity contribution in [1.82, 2.24) is 0 Å². The van der Waals surface area contributed by atoms with Crippen molar-refractivity contribution in [1.29, 1.82) is 0 Å². The van der Waals surface area contributed by atoms with E-state index in [4.69, 9.17) is 31.8 Å². The molecule has 0 aromatic carbocycles. The van der Waals surface area contributed by atoms with Gasteiger partial charge in [0, 0.05) is 16.1 Å². The minimum Gasteiger partial charge on any atom is -0.432 e. The molecule has 0 saturated carbocycles. The second-order valence-corrected chi connectivity index (χ2v) is 7.68. The van der Waals surface area contributed by atoms with Gasteiger partial charge in [0.05, 0.1) is 13.0 Å². The van der Waals surface area contributed by atoms with Gasteiger partial charge < -0.3 is 14.2 Å². The zero-order chi connectivity index (χ0) is 15.8. The molecule has 0 radical (unpaired) electrons. The van der Waals surface area contributed by atoms with Gasteiger partial charge in [-0.1, -0.05) is 0 Å².